The van der Waals surface area contributed by atoms with E-state index in [9.17, 15) is 0 Å². The normalized spacial score (nSPS) is 12.2. The lowest BCUT2D eigenvalue weighted by Gasteiger charge is -2.21. The van der Waals surface area contributed by atoms with Crippen LogP contribution in [0.15, 0.2) is 48.5 Å². The van der Waals surface area contributed by atoms with Crippen molar-refractivity contribution in [2.45, 2.75) is 33.2 Å². The predicted molar refractivity (Wildman–Crippen MR) is 79.0 cm³/mol. The molecule has 0 bridgehead atoms. The molecule has 0 amide bonds. The van der Waals surface area contributed by atoms with Gasteiger partial charge in [-0.2, -0.15) is 0 Å². The van der Waals surface area contributed by atoms with E-state index in [0.717, 1.165) is 6.42 Å². The smallest absolute Gasteiger partial charge is 0.0511 e. The molecule has 0 aliphatic heterocycles. The molecule has 0 heterocycles. The first-order valence-corrected chi connectivity index (χ1v) is 6.60. The van der Waals surface area contributed by atoms with Crippen molar-refractivity contribution in [3.8, 4) is 0 Å². The van der Waals surface area contributed by atoms with Crippen molar-refractivity contribution >= 4 is 5.69 Å². The van der Waals surface area contributed by atoms with Crippen molar-refractivity contribution in [3.63, 3.8) is 0 Å². The minimum Gasteiger partial charge on any atom is -0.378 e. The molecule has 0 aromatic heterocycles. The summed E-state index contributed by atoms with van der Waals surface area (Å²) < 4.78 is 0. The van der Waals surface area contributed by atoms with Gasteiger partial charge in [0.1, 0.15) is 0 Å². The lowest BCUT2D eigenvalue weighted by atomic mass is 10.0. The molecule has 2 aromatic rings. The maximum absolute atomic E-state index is 3.65. The fourth-order valence-electron chi connectivity index (χ4n) is 2.20. The van der Waals surface area contributed by atoms with Crippen LogP contribution >= 0.6 is 0 Å². The van der Waals surface area contributed by atoms with Crippen LogP contribution in [-0.4, -0.2) is 0 Å². The zero-order valence-electron chi connectivity index (χ0n) is 11.4. The summed E-state index contributed by atoms with van der Waals surface area (Å²) in [6.07, 6.45) is 1.08. The number of nitrogens with one attached hydrogen (secondary N) is 1. The number of aryl methyl sites for hydroxylation is 1. The van der Waals surface area contributed by atoms with Gasteiger partial charge in [-0.25, -0.2) is 0 Å². The monoisotopic (exact) mass is 239 g/mol. The highest BCUT2D eigenvalue weighted by molar-refractivity contribution is 5.55. The fourth-order valence-corrected chi connectivity index (χ4v) is 2.20. The van der Waals surface area contributed by atoms with Gasteiger partial charge in [-0.3, -0.25) is 0 Å². The summed E-state index contributed by atoms with van der Waals surface area (Å²) in [7, 11) is 0. The Morgan fingerprint density at radius 1 is 0.944 bits per heavy atom. The topological polar surface area (TPSA) is 12.0 Å². The molecule has 1 unspecified atom stereocenters. The zero-order chi connectivity index (χ0) is 13.0. The molecule has 18 heavy (non-hydrogen) atoms. The Hall–Kier alpha value is -1.76. The summed E-state index contributed by atoms with van der Waals surface area (Å²) >= 11 is 0. The van der Waals surface area contributed by atoms with Crippen molar-refractivity contribution in [2.75, 3.05) is 5.32 Å². The van der Waals surface area contributed by atoms with E-state index in [2.05, 4.69) is 74.6 Å². The molecule has 0 aliphatic rings. The molecule has 0 fully saturated rings. The number of hydrogen-bond acceptors (Lipinski definition) is 1. The molecule has 2 rings (SSSR count). The number of anilines is 1. The Balaban J connectivity index is 2.24. The van der Waals surface area contributed by atoms with Gasteiger partial charge >= 0.3 is 0 Å². The van der Waals surface area contributed by atoms with E-state index in [0.29, 0.717) is 6.04 Å². The molecule has 1 atom stereocenters. The molecular formula is C17H21N. The van der Waals surface area contributed by atoms with Crippen molar-refractivity contribution < 1.29 is 0 Å². The average molecular weight is 239 g/mol. The maximum atomic E-state index is 3.65. The Morgan fingerprint density at radius 3 is 2.33 bits per heavy atom. The van der Waals surface area contributed by atoms with Crippen LogP contribution in [0, 0.1) is 13.8 Å². The van der Waals surface area contributed by atoms with Gasteiger partial charge in [0.05, 0.1) is 6.04 Å². The quantitative estimate of drug-likeness (QED) is 0.803. The Morgan fingerprint density at radius 2 is 1.67 bits per heavy atom. The van der Waals surface area contributed by atoms with Crippen LogP contribution in [-0.2, 0) is 0 Å². The van der Waals surface area contributed by atoms with E-state index in [1.807, 2.05) is 0 Å². The molecule has 1 heteroatoms. The number of rotatable bonds is 4. The summed E-state index contributed by atoms with van der Waals surface area (Å²) in [5, 5.41) is 3.65. The van der Waals surface area contributed by atoms with E-state index >= 15 is 0 Å². The largest absolute Gasteiger partial charge is 0.378 e. The molecule has 0 saturated heterocycles. The van der Waals surface area contributed by atoms with Crippen molar-refractivity contribution in [2.24, 2.45) is 0 Å². The fraction of sp³-hybridized carbons (Fsp3) is 0.294. The lowest BCUT2D eigenvalue weighted by Crippen LogP contribution is -2.10. The minimum absolute atomic E-state index is 0.381. The first-order valence-electron chi connectivity index (χ1n) is 6.60. The van der Waals surface area contributed by atoms with Crippen LogP contribution in [0.2, 0.25) is 0 Å². The zero-order valence-corrected chi connectivity index (χ0v) is 11.4. The van der Waals surface area contributed by atoms with Crippen LogP contribution in [0.1, 0.15) is 36.1 Å². The van der Waals surface area contributed by atoms with Gasteiger partial charge in [-0.15, -0.1) is 0 Å². The van der Waals surface area contributed by atoms with E-state index in [1.54, 1.807) is 0 Å². The van der Waals surface area contributed by atoms with Gasteiger partial charge in [0.2, 0.25) is 0 Å². The van der Waals surface area contributed by atoms with Gasteiger partial charge in [0.15, 0.2) is 0 Å². The van der Waals surface area contributed by atoms with Crippen LogP contribution in [0.5, 0.6) is 0 Å². The standard InChI is InChI=1S/C17H21N/c1-4-16(15-10-6-5-7-11-15)18-17-12-8-9-13(2)14(17)3/h5-12,16,18H,4H2,1-3H3. The van der Waals surface area contributed by atoms with E-state index in [1.165, 1.54) is 22.4 Å². The summed E-state index contributed by atoms with van der Waals surface area (Å²) in [6, 6.07) is 17.4. The van der Waals surface area contributed by atoms with Crippen molar-refractivity contribution in [1.29, 1.82) is 0 Å². The SMILES string of the molecule is CCC(Nc1cccc(C)c1C)c1ccccc1. The molecule has 1 nitrogen and oxygen atoms in total. The second kappa shape index (κ2) is 5.72. The Kier molecular flexibility index (Phi) is 4.03. The maximum Gasteiger partial charge on any atom is 0.0511 e. The van der Waals surface area contributed by atoms with Crippen molar-refractivity contribution in [3.05, 3.63) is 65.2 Å². The third-order valence-corrected chi connectivity index (χ3v) is 3.54. The molecule has 1 N–H and O–H groups in total. The summed E-state index contributed by atoms with van der Waals surface area (Å²) in [4.78, 5) is 0. The van der Waals surface area contributed by atoms with Gasteiger partial charge in [0, 0.05) is 5.69 Å². The molecule has 0 radical (unpaired) electrons. The Labute approximate surface area is 110 Å². The summed E-state index contributed by atoms with van der Waals surface area (Å²) in [5.74, 6) is 0. The van der Waals surface area contributed by atoms with E-state index in [4.69, 9.17) is 0 Å². The van der Waals surface area contributed by atoms with E-state index < -0.39 is 0 Å². The highest BCUT2D eigenvalue weighted by Crippen LogP contribution is 2.25. The summed E-state index contributed by atoms with van der Waals surface area (Å²) in [5.41, 5.74) is 5.27. The van der Waals surface area contributed by atoms with Crippen LogP contribution < -0.4 is 5.32 Å². The first-order chi connectivity index (χ1) is 8.72. The molecule has 0 spiro atoms. The van der Waals surface area contributed by atoms with Gasteiger partial charge in [-0.1, -0.05) is 49.4 Å². The Bertz CT molecular complexity index is 502. The summed E-state index contributed by atoms with van der Waals surface area (Å²) in [6.45, 7) is 6.55. The van der Waals surface area contributed by atoms with Gasteiger partial charge in [0.25, 0.3) is 0 Å². The predicted octanol–water partition coefficient (Wildman–Crippen LogP) is 4.87. The minimum atomic E-state index is 0.381. The first kappa shape index (κ1) is 12.7. The second-order valence-corrected chi connectivity index (χ2v) is 4.76. The van der Waals surface area contributed by atoms with Crippen LogP contribution in [0.4, 0.5) is 5.69 Å². The molecular weight excluding hydrogens is 218 g/mol. The number of hydrogen-bond donors (Lipinski definition) is 1. The highest BCUT2D eigenvalue weighted by atomic mass is 14.9. The highest BCUT2D eigenvalue weighted by Gasteiger charge is 2.10. The lowest BCUT2D eigenvalue weighted by molar-refractivity contribution is 0.748. The molecule has 0 saturated carbocycles. The third-order valence-electron chi connectivity index (χ3n) is 3.54. The molecule has 94 valence electrons. The van der Waals surface area contributed by atoms with Crippen molar-refractivity contribution in [1.82, 2.24) is 0 Å². The van der Waals surface area contributed by atoms with Crippen LogP contribution in [0.3, 0.4) is 0 Å². The second-order valence-electron chi connectivity index (χ2n) is 4.76. The molecule has 2 aromatic carbocycles. The third kappa shape index (κ3) is 2.73. The van der Waals surface area contributed by atoms with Gasteiger partial charge in [-0.05, 0) is 43.0 Å². The molecule has 0 aliphatic carbocycles. The van der Waals surface area contributed by atoms with Gasteiger partial charge < -0.3 is 5.32 Å². The number of benzene rings is 2. The van der Waals surface area contributed by atoms with E-state index in [-0.39, 0.29) is 0 Å². The van der Waals surface area contributed by atoms with Crippen LogP contribution in [0.25, 0.3) is 0 Å². The average Bonchev–Trinajstić information content (AvgIpc) is 2.41.